The molecule has 2 nitrogen and oxygen atoms in total. The standard InChI is InChI=1S/C18H38N2/c1-6-13-19-17(12-10-11-16(3)4)18(5,7-2)20-14-8-9-15-20/h16-17,19H,6-15H2,1-5H3. The number of hydrogen-bond acceptors (Lipinski definition) is 2. The number of nitrogens with one attached hydrogen (secondary N) is 1. The average molecular weight is 283 g/mol. The molecule has 1 saturated heterocycles. The molecule has 1 rings (SSSR count). The molecule has 0 saturated carbocycles. The smallest absolute Gasteiger partial charge is 0.0331 e. The van der Waals surface area contributed by atoms with Crippen LogP contribution in [0.15, 0.2) is 0 Å². The van der Waals surface area contributed by atoms with Crippen molar-refractivity contribution in [2.45, 2.75) is 91.1 Å². The van der Waals surface area contributed by atoms with E-state index in [9.17, 15) is 0 Å². The maximum Gasteiger partial charge on any atom is 0.0331 e. The first-order valence-electron chi connectivity index (χ1n) is 9.03. The summed E-state index contributed by atoms with van der Waals surface area (Å²) in [5.41, 5.74) is 0.350. The van der Waals surface area contributed by atoms with Crippen molar-refractivity contribution in [3.63, 3.8) is 0 Å². The fourth-order valence-corrected chi connectivity index (χ4v) is 3.60. The van der Waals surface area contributed by atoms with Gasteiger partial charge in [-0.2, -0.15) is 0 Å². The quantitative estimate of drug-likeness (QED) is 0.637. The minimum Gasteiger partial charge on any atom is -0.312 e. The van der Waals surface area contributed by atoms with Gasteiger partial charge in [-0.05, 0) is 64.6 Å². The van der Waals surface area contributed by atoms with Crippen molar-refractivity contribution in [1.29, 1.82) is 0 Å². The van der Waals surface area contributed by atoms with E-state index in [2.05, 4.69) is 44.8 Å². The van der Waals surface area contributed by atoms with Gasteiger partial charge in [-0.1, -0.05) is 40.5 Å². The van der Waals surface area contributed by atoms with Crippen molar-refractivity contribution in [3.8, 4) is 0 Å². The largest absolute Gasteiger partial charge is 0.312 e. The lowest BCUT2D eigenvalue weighted by Crippen LogP contribution is -2.58. The van der Waals surface area contributed by atoms with E-state index in [0.717, 1.165) is 12.5 Å². The van der Waals surface area contributed by atoms with Crippen LogP contribution < -0.4 is 5.32 Å². The molecule has 0 bridgehead atoms. The van der Waals surface area contributed by atoms with Crippen LogP contribution >= 0.6 is 0 Å². The van der Waals surface area contributed by atoms with Crippen LogP contribution in [-0.4, -0.2) is 36.1 Å². The molecule has 1 heterocycles. The Morgan fingerprint density at radius 2 is 1.75 bits per heavy atom. The fraction of sp³-hybridized carbons (Fsp3) is 1.00. The molecule has 1 N–H and O–H groups in total. The summed E-state index contributed by atoms with van der Waals surface area (Å²) < 4.78 is 0. The minimum absolute atomic E-state index is 0.350. The maximum absolute atomic E-state index is 3.87. The topological polar surface area (TPSA) is 15.3 Å². The lowest BCUT2D eigenvalue weighted by atomic mass is 9.83. The summed E-state index contributed by atoms with van der Waals surface area (Å²) >= 11 is 0. The van der Waals surface area contributed by atoms with Gasteiger partial charge in [-0.3, -0.25) is 4.90 Å². The van der Waals surface area contributed by atoms with Gasteiger partial charge in [0.25, 0.3) is 0 Å². The molecular formula is C18H38N2. The summed E-state index contributed by atoms with van der Waals surface area (Å²) in [4.78, 5) is 2.76. The van der Waals surface area contributed by atoms with Crippen LogP contribution in [-0.2, 0) is 0 Å². The first kappa shape index (κ1) is 18.0. The number of rotatable bonds is 10. The highest BCUT2D eigenvalue weighted by Crippen LogP contribution is 2.30. The van der Waals surface area contributed by atoms with Crippen LogP contribution in [0.2, 0.25) is 0 Å². The fourth-order valence-electron chi connectivity index (χ4n) is 3.60. The van der Waals surface area contributed by atoms with Crippen molar-refractivity contribution in [3.05, 3.63) is 0 Å². The highest BCUT2D eigenvalue weighted by molar-refractivity contribution is 4.97. The summed E-state index contributed by atoms with van der Waals surface area (Å²) in [5.74, 6) is 0.835. The first-order chi connectivity index (χ1) is 9.54. The number of nitrogens with zero attached hydrogens (tertiary/aromatic N) is 1. The second-order valence-electron chi connectivity index (χ2n) is 7.24. The van der Waals surface area contributed by atoms with Crippen LogP contribution in [0.3, 0.4) is 0 Å². The summed E-state index contributed by atoms with van der Waals surface area (Å²) in [7, 11) is 0. The van der Waals surface area contributed by atoms with E-state index in [0.29, 0.717) is 11.6 Å². The van der Waals surface area contributed by atoms with Crippen LogP contribution in [0.1, 0.15) is 79.6 Å². The van der Waals surface area contributed by atoms with Crippen molar-refractivity contribution in [2.24, 2.45) is 5.92 Å². The van der Waals surface area contributed by atoms with Crippen LogP contribution in [0.4, 0.5) is 0 Å². The Hall–Kier alpha value is -0.0800. The Morgan fingerprint density at radius 1 is 1.10 bits per heavy atom. The van der Waals surface area contributed by atoms with Gasteiger partial charge in [0.05, 0.1) is 0 Å². The van der Waals surface area contributed by atoms with Gasteiger partial charge in [-0.15, -0.1) is 0 Å². The SMILES string of the molecule is CCCNC(CCCC(C)C)C(C)(CC)N1CCCC1. The average Bonchev–Trinajstić information content (AvgIpc) is 2.96. The van der Waals surface area contributed by atoms with Gasteiger partial charge in [-0.25, -0.2) is 0 Å². The zero-order valence-electron chi connectivity index (χ0n) is 14.7. The molecule has 1 aliphatic heterocycles. The lowest BCUT2D eigenvalue weighted by molar-refractivity contribution is 0.0787. The Balaban J connectivity index is 2.65. The molecule has 1 fully saturated rings. The normalized spacial score (nSPS) is 21.3. The highest BCUT2D eigenvalue weighted by Gasteiger charge is 2.38. The molecule has 0 aliphatic carbocycles. The molecule has 0 aromatic heterocycles. The van der Waals surface area contributed by atoms with Gasteiger partial charge in [0.1, 0.15) is 0 Å². The second kappa shape index (κ2) is 9.04. The van der Waals surface area contributed by atoms with E-state index in [1.807, 2.05) is 0 Å². The minimum atomic E-state index is 0.350. The first-order valence-corrected chi connectivity index (χ1v) is 9.03. The Labute approximate surface area is 127 Å². The third-order valence-electron chi connectivity index (χ3n) is 5.21. The molecule has 2 heteroatoms. The van der Waals surface area contributed by atoms with E-state index >= 15 is 0 Å². The van der Waals surface area contributed by atoms with E-state index in [1.165, 1.54) is 58.0 Å². The molecule has 0 aromatic rings. The van der Waals surface area contributed by atoms with Gasteiger partial charge >= 0.3 is 0 Å². The molecule has 2 atom stereocenters. The zero-order chi connectivity index (χ0) is 15.0. The van der Waals surface area contributed by atoms with E-state index in [1.54, 1.807) is 0 Å². The van der Waals surface area contributed by atoms with Crippen LogP contribution in [0.25, 0.3) is 0 Å². The Bertz CT molecular complexity index is 246. The molecule has 0 amide bonds. The molecule has 20 heavy (non-hydrogen) atoms. The van der Waals surface area contributed by atoms with E-state index in [-0.39, 0.29) is 0 Å². The summed E-state index contributed by atoms with van der Waals surface area (Å²) in [6, 6.07) is 0.657. The number of hydrogen-bond donors (Lipinski definition) is 1. The summed E-state index contributed by atoms with van der Waals surface area (Å²) in [6.07, 6.45) is 9.34. The van der Waals surface area contributed by atoms with Gasteiger partial charge in [0.2, 0.25) is 0 Å². The zero-order valence-corrected chi connectivity index (χ0v) is 14.7. The Morgan fingerprint density at radius 3 is 2.25 bits per heavy atom. The van der Waals surface area contributed by atoms with Crippen molar-refractivity contribution in [1.82, 2.24) is 10.2 Å². The molecule has 0 aromatic carbocycles. The predicted octanol–water partition coefficient (Wildman–Crippen LogP) is 4.45. The van der Waals surface area contributed by atoms with E-state index in [4.69, 9.17) is 0 Å². The van der Waals surface area contributed by atoms with Crippen LogP contribution in [0.5, 0.6) is 0 Å². The molecule has 0 radical (unpaired) electrons. The maximum atomic E-state index is 3.87. The van der Waals surface area contributed by atoms with Crippen LogP contribution in [0, 0.1) is 5.92 Å². The van der Waals surface area contributed by atoms with Crippen molar-refractivity contribution < 1.29 is 0 Å². The van der Waals surface area contributed by atoms with E-state index < -0.39 is 0 Å². The lowest BCUT2D eigenvalue weighted by Gasteiger charge is -2.45. The van der Waals surface area contributed by atoms with Crippen molar-refractivity contribution in [2.75, 3.05) is 19.6 Å². The number of likely N-dealkylation sites (tertiary alicyclic amines) is 1. The summed E-state index contributed by atoms with van der Waals surface area (Å²) in [5, 5.41) is 3.87. The predicted molar refractivity (Wildman–Crippen MR) is 90.3 cm³/mol. The molecule has 2 unspecified atom stereocenters. The van der Waals surface area contributed by atoms with Gasteiger partial charge in [0, 0.05) is 11.6 Å². The monoisotopic (exact) mass is 282 g/mol. The third kappa shape index (κ3) is 5.04. The molecule has 0 spiro atoms. The second-order valence-corrected chi connectivity index (χ2v) is 7.24. The van der Waals surface area contributed by atoms with Gasteiger partial charge in [0.15, 0.2) is 0 Å². The Kier molecular flexibility index (Phi) is 8.13. The van der Waals surface area contributed by atoms with Crippen molar-refractivity contribution >= 4 is 0 Å². The molecular weight excluding hydrogens is 244 g/mol. The summed E-state index contributed by atoms with van der Waals surface area (Å²) in [6.45, 7) is 15.6. The molecule has 120 valence electrons. The third-order valence-corrected chi connectivity index (χ3v) is 5.21. The van der Waals surface area contributed by atoms with Gasteiger partial charge < -0.3 is 5.32 Å². The highest BCUT2D eigenvalue weighted by atomic mass is 15.2. The molecule has 1 aliphatic rings.